The predicted octanol–water partition coefficient (Wildman–Crippen LogP) is -0.937. The summed E-state index contributed by atoms with van der Waals surface area (Å²) in [7, 11) is 3.92. The van der Waals surface area contributed by atoms with Crippen LogP contribution in [0.25, 0.3) is 0 Å². The number of carbonyl (C=O) groups excluding carboxylic acids is 1. The molecule has 0 rings (SSSR count). The van der Waals surface area contributed by atoms with Crippen LogP contribution in [0.1, 0.15) is 6.92 Å². The van der Waals surface area contributed by atoms with Crippen LogP contribution in [0.3, 0.4) is 0 Å². The summed E-state index contributed by atoms with van der Waals surface area (Å²) in [4.78, 5) is 13.5. The molecule has 0 aliphatic rings. The van der Waals surface area contributed by atoms with Gasteiger partial charge in [-0.05, 0) is 21.0 Å². The van der Waals surface area contributed by atoms with Crippen LogP contribution in [-0.4, -0.2) is 62.2 Å². The van der Waals surface area contributed by atoms with Gasteiger partial charge in [0, 0.05) is 13.1 Å². The van der Waals surface area contributed by atoms with Gasteiger partial charge in [-0.15, -0.1) is 0 Å². The summed E-state index contributed by atoms with van der Waals surface area (Å²) in [5.74, 6) is -1.02. The van der Waals surface area contributed by atoms with Crippen molar-refractivity contribution in [3.8, 4) is 0 Å². The third kappa shape index (κ3) is 7.53. The number of nitrogens with one attached hydrogen (secondary N) is 1. The van der Waals surface area contributed by atoms with Crippen LogP contribution in [0.4, 0.5) is 0 Å². The van der Waals surface area contributed by atoms with E-state index < -0.39 is 5.92 Å². The first-order valence-corrected chi connectivity index (χ1v) is 5.46. The Kier molecular flexibility index (Phi) is 8.08. The second-order valence-corrected chi connectivity index (χ2v) is 3.95. The van der Waals surface area contributed by atoms with Crippen molar-refractivity contribution in [2.45, 2.75) is 6.92 Å². The smallest absolute Gasteiger partial charge is 0.230 e. The number of amides is 1. The molecule has 0 spiro atoms. The Bertz CT molecular complexity index is 256. The zero-order valence-corrected chi connectivity index (χ0v) is 10.6. The van der Waals surface area contributed by atoms with Gasteiger partial charge in [0.25, 0.3) is 0 Å². The molecule has 1 atom stereocenters. The second kappa shape index (κ2) is 8.77. The molecular weight excluding hydrogens is 224 g/mol. The Balaban J connectivity index is 3.58. The van der Waals surface area contributed by atoms with Crippen molar-refractivity contribution in [2.24, 2.45) is 16.8 Å². The fourth-order valence-corrected chi connectivity index (χ4v) is 0.970. The highest BCUT2D eigenvalue weighted by molar-refractivity contribution is 6.01. The van der Waals surface area contributed by atoms with Gasteiger partial charge >= 0.3 is 0 Å². The minimum absolute atomic E-state index is 0.101. The summed E-state index contributed by atoms with van der Waals surface area (Å²) in [6, 6.07) is 0. The third-order valence-electron chi connectivity index (χ3n) is 2.18. The topological polar surface area (TPSA) is 100 Å². The maximum absolute atomic E-state index is 11.4. The number of nitrogens with zero attached hydrogens (tertiary/aromatic N) is 2. The molecule has 0 radical (unpaired) electrons. The van der Waals surface area contributed by atoms with Crippen LogP contribution in [-0.2, 0) is 9.53 Å². The SMILES string of the molecule is CC(C(=O)NCCOCCN(C)C)C(N)=NO. The fraction of sp³-hybridized carbons (Fsp3) is 0.800. The predicted molar refractivity (Wildman–Crippen MR) is 65.0 cm³/mol. The minimum Gasteiger partial charge on any atom is -0.409 e. The Hall–Kier alpha value is -1.34. The number of nitrogens with two attached hydrogens (primary N) is 1. The molecule has 0 aliphatic heterocycles. The monoisotopic (exact) mass is 246 g/mol. The lowest BCUT2D eigenvalue weighted by Crippen LogP contribution is -2.38. The quantitative estimate of drug-likeness (QED) is 0.169. The van der Waals surface area contributed by atoms with Gasteiger partial charge in [0.2, 0.25) is 5.91 Å². The van der Waals surface area contributed by atoms with Crippen LogP contribution in [0.15, 0.2) is 5.16 Å². The van der Waals surface area contributed by atoms with Gasteiger partial charge in [0.05, 0.1) is 19.1 Å². The molecule has 17 heavy (non-hydrogen) atoms. The number of ether oxygens (including phenoxy) is 1. The fourth-order valence-electron chi connectivity index (χ4n) is 0.970. The van der Waals surface area contributed by atoms with Crippen molar-refractivity contribution in [3.63, 3.8) is 0 Å². The average Bonchev–Trinajstić information content (AvgIpc) is 2.30. The van der Waals surface area contributed by atoms with Gasteiger partial charge in [0.15, 0.2) is 5.84 Å². The highest BCUT2D eigenvalue weighted by Gasteiger charge is 2.16. The Morgan fingerprint density at radius 2 is 2.18 bits per heavy atom. The molecule has 1 unspecified atom stereocenters. The van der Waals surface area contributed by atoms with E-state index in [-0.39, 0.29) is 11.7 Å². The van der Waals surface area contributed by atoms with Gasteiger partial charge in [-0.2, -0.15) is 0 Å². The van der Waals surface area contributed by atoms with Gasteiger partial charge < -0.3 is 25.9 Å². The largest absolute Gasteiger partial charge is 0.409 e. The normalized spacial score (nSPS) is 13.8. The molecule has 0 aliphatic carbocycles. The molecule has 0 aromatic heterocycles. The minimum atomic E-state index is -0.637. The molecule has 0 fully saturated rings. The molecular formula is C10H22N4O3. The number of rotatable bonds is 8. The van der Waals surface area contributed by atoms with Gasteiger partial charge in [-0.25, -0.2) is 0 Å². The van der Waals surface area contributed by atoms with Gasteiger partial charge in [-0.3, -0.25) is 4.79 Å². The Morgan fingerprint density at radius 3 is 2.71 bits per heavy atom. The van der Waals surface area contributed by atoms with Crippen LogP contribution in [0.2, 0.25) is 0 Å². The number of carbonyl (C=O) groups is 1. The Morgan fingerprint density at radius 1 is 1.53 bits per heavy atom. The molecule has 1 amide bonds. The number of hydrogen-bond acceptors (Lipinski definition) is 5. The molecule has 7 nitrogen and oxygen atoms in total. The van der Waals surface area contributed by atoms with Crippen molar-refractivity contribution in [3.05, 3.63) is 0 Å². The molecule has 7 heteroatoms. The standard InChI is InChI=1S/C10H22N4O3/c1-8(9(11)13-16)10(15)12-4-6-17-7-5-14(2)3/h8,16H,4-7H2,1-3H3,(H2,11,13)(H,12,15). The molecule has 0 saturated carbocycles. The van der Waals surface area contributed by atoms with Crippen molar-refractivity contribution in [2.75, 3.05) is 40.4 Å². The number of hydrogen-bond donors (Lipinski definition) is 3. The molecule has 4 N–H and O–H groups in total. The summed E-state index contributed by atoms with van der Waals surface area (Å²) in [5.41, 5.74) is 5.31. The molecule has 100 valence electrons. The zero-order valence-electron chi connectivity index (χ0n) is 10.6. The van der Waals surface area contributed by atoms with Crippen molar-refractivity contribution in [1.29, 1.82) is 0 Å². The van der Waals surface area contributed by atoms with Crippen LogP contribution in [0, 0.1) is 5.92 Å². The van der Waals surface area contributed by atoms with Crippen molar-refractivity contribution >= 4 is 11.7 Å². The van der Waals surface area contributed by atoms with E-state index in [1.165, 1.54) is 0 Å². The molecule has 0 aromatic carbocycles. The van der Waals surface area contributed by atoms with E-state index in [1.807, 2.05) is 19.0 Å². The highest BCUT2D eigenvalue weighted by Crippen LogP contribution is 1.93. The Labute approximate surface area is 102 Å². The van der Waals surface area contributed by atoms with Gasteiger partial charge in [0.1, 0.15) is 0 Å². The number of amidine groups is 1. The average molecular weight is 246 g/mol. The first-order valence-electron chi connectivity index (χ1n) is 5.46. The third-order valence-corrected chi connectivity index (χ3v) is 2.18. The van der Waals surface area contributed by atoms with E-state index in [9.17, 15) is 4.79 Å². The van der Waals surface area contributed by atoms with E-state index in [4.69, 9.17) is 15.7 Å². The zero-order chi connectivity index (χ0) is 13.3. The van der Waals surface area contributed by atoms with Crippen LogP contribution >= 0.6 is 0 Å². The number of likely N-dealkylation sites (N-methyl/N-ethyl adjacent to an activating group) is 1. The van der Waals surface area contributed by atoms with E-state index in [0.29, 0.717) is 19.8 Å². The summed E-state index contributed by atoms with van der Waals surface area (Å²) in [6.45, 7) is 3.89. The van der Waals surface area contributed by atoms with Crippen LogP contribution < -0.4 is 11.1 Å². The van der Waals surface area contributed by atoms with E-state index in [0.717, 1.165) is 6.54 Å². The first-order chi connectivity index (χ1) is 7.99. The van der Waals surface area contributed by atoms with Crippen LogP contribution in [0.5, 0.6) is 0 Å². The summed E-state index contributed by atoms with van der Waals surface area (Å²) in [6.07, 6.45) is 0. The van der Waals surface area contributed by atoms with Crippen molar-refractivity contribution in [1.82, 2.24) is 10.2 Å². The molecule has 0 bridgehead atoms. The lowest BCUT2D eigenvalue weighted by Gasteiger charge is -2.12. The first kappa shape index (κ1) is 15.7. The maximum Gasteiger partial charge on any atom is 0.230 e. The molecule has 0 aromatic rings. The summed E-state index contributed by atoms with van der Waals surface area (Å²) >= 11 is 0. The van der Waals surface area contributed by atoms with E-state index in [1.54, 1.807) is 6.92 Å². The van der Waals surface area contributed by atoms with Crippen molar-refractivity contribution < 1.29 is 14.7 Å². The molecule has 0 saturated heterocycles. The second-order valence-electron chi connectivity index (χ2n) is 3.95. The lowest BCUT2D eigenvalue weighted by molar-refractivity contribution is -0.122. The summed E-state index contributed by atoms with van der Waals surface area (Å²) < 4.78 is 5.29. The highest BCUT2D eigenvalue weighted by atomic mass is 16.5. The molecule has 0 heterocycles. The van der Waals surface area contributed by atoms with Gasteiger partial charge in [-0.1, -0.05) is 5.16 Å². The number of oxime groups is 1. The lowest BCUT2D eigenvalue weighted by atomic mass is 10.1. The maximum atomic E-state index is 11.4. The summed E-state index contributed by atoms with van der Waals surface area (Å²) in [5, 5.41) is 13.8. The van der Waals surface area contributed by atoms with E-state index >= 15 is 0 Å². The van der Waals surface area contributed by atoms with E-state index in [2.05, 4.69) is 10.5 Å².